The summed E-state index contributed by atoms with van der Waals surface area (Å²) < 4.78 is 5.09. The van der Waals surface area contributed by atoms with Gasteiger partial charge in [0.1, 0.15) is 6.04 Å². The molecule has 0 aliphatic rings. The van der Waals surface area contributed by atoms with Crippen molar-refractivity contribution >= 4 is 17.7 Å². The molecule has 0 aliphatic heterocycles. The lowest BCUT2D eigenvalue weighted by Gasteiger charge is -2.14. The Morgan fingerprint density at radius 1 is 1.62 bits per heavy atom. The second-order valence-corrected chi connectivity index (χ2v) is 4.03. The predicted octanol–water partition coefficient (Wildman–Crippen LogP) is 1.41. The highest BCUT2D eigenvalue weighted by Gasteiger charge is 2.16. The van der Waals surface area contributed by atoms with E-state index in [4.69, 9.17) is 10.5 Å². The lowest BCUT2D eigenvalue weighted by Crippen LogP contribution is -2.34. The summed E-state index contributed by atoms with van der Waals surface area (Å²) in [5, 5.41) is 0. The molecule has 0 fully saturated rings. The molecule has 0 unspecified atom stereocenters. The number of ether oxygens (including phenoxy) is 1. The Morgan fingerprint density at radius 2 is 2.23 bits per heavy atom. The fraction of sp³-hybridized carbons (Fsp3) is 0.889. The first-order chi connectivity index (χ1) is 6.11. The van der Waals surface area contributed by atoms with Gasteiger partial charge >= 0.3 is 5.97 Å². The number of nitrogens with two attached hydrogens (primary N) is 1. The van der Waals surface area contributed by atoms with Gasteiger partial charge in [0.15, 0.2) is 0 Å². The Labute approximate surface area is 84.4 Å². The third-order valence-corrected chi connectivity index (χ3v) is 2.47. The van der Waals surface area contributed by atoms with Crippen LogP contribution in [0.15, 0.2) is 0 Å². The smallest absolute Gasteiger partial charge is 0.323 e. The Hall–Kier alpha value is -0.220. The Morgan fingerprint density at radius 3 is 2.69 bits per heavy atom. The molecule has 0 amide bonds. The summed E-state index contributed by atoms with van der Waals surface area (Å²) in [5.41, 5.74) is 5.62. The fourth-order valence-corrected chi connectivity index (χ4v) is 1.22. The molecule has 0 aromatic carbocycles. The summed E-state index contributed by atoms with van der Waals surface area (Å²) in [7, 11) is 0. The minimum atomic E-state index is -0.457. The second kappa shape index (κ2) is 7.21. The molecule has 0 saturated heterocycles. The maximum atomic E-state index is 11.3. The first-order valence-electron chi connectivity index (χ1n) is 4.56. The predicted molar refractivity (Wildman–Crippen MR) is 56.8 cm³/mol. The number of thioether (sulfide) groups is 1. The fourth-order valence-electron chi connectivity index (χ4n) is 0.732. The average molecular weight is 205 g/mol. The summed E-state index contributed by atoms with van der Waals surface area (Å²) in [4.78, 5) is 11.3. The molecule has 0 radical (unpaired) electrons. The number of carbonyl (C=O) groups excluding carboxylic acids is 1. The van der Waals surface area contributed by atoms with E-state index in [1.54, 1.807) is 11.8 Å². The quantitative estimate of drug-likeness (QED) is 0.666. The topological polar surface area (TPSA) is 52.3 Å². The van der Waals surface area contributed by atoms with Crippen LogP contribution in [-0.2, 0) is 9.53 Å². The molecular weight excluding hydrogens is 186 g/mol. The average Bonchev–Trinajstić information content (AvgIpc) is 2.13. The van der Waals surface area contributed by atoms with E-state index in [0.29, 0.717) is 6.42 Å². The molecular formula is C9H19NO2S. The number of hydrogen-bond acceptors (Lipinski definition) is 4. The van der Waals surface area contributed by atoms with Crippen molar-refractivity contribution in [1.82, 2.24) is 0 Å². The number of carbonyl (C=O) groups is 1. The molecule has 0 aromatic heterocycles. The van der Waals surface area contributed by atoms with Gasteiger partial charge in [-0.1, -0.05) is 6.92 Å². The zero-order chi connectivity index (χ0) is 10.3. The second-order valence-electron chi connectivity index (χ2n) is 3.04. The molecule has 2 N–H and O–H groups in total. The molecule has 0 rings (SSSR count). The van der Waals surface area contributed by atoms with Gasteiger partial charge in [-0.25, -0.2) is 0 Å². The van der Waals surface area contributed by atoms with Crippen LogP contribution in [0.2, 0.25) is 0 Å². The van der Waals surface area contributed by atoms with E-state index in [2.05, 4.69) is 0 Å². The molecule has 78 valence electrons. The monoisotopic (exact) mass is 205 g/mol. The molecule has 0 saturated carbocycles. The van der Waals surface area contributed by atoms with Crippen LogP contribution in [0.5, 0.6) is 0 Å². The van der Waals surface area contributed by atoms with Gasteiger partial charge in [-0.15, -0.1) is 0 Å². The van der Waals surface area contributed by atoms with Crippen molar-refractivity contribution in [3.8, 4) is 0 Å². The normalized spacial score (nSPS) is 15.1. The lowest BCUT2D eigenvalue weighted by molar-refractivity contribution is -0.149. The molecule has 4 heteroatoms. The zero-order valence-corrected chi connectivity index (χ0v) is 9.39. The van der Waals surface area contributed by atoms with Crippen molar-refractivity contribution in [2.75, 3.05) is 12.0 Å². The van der Waals surface area contributed by atoms with Crippen LogP contribution in [-0.4, -0.2) is 30.1 Å². The number of rotatable bonds is 6. The van der Waals surface area contributed by atoms with Gasteiger partial charge in [-0.05, 0) is 31.8 Å². The van der Waals surface area contributed by atoms with Crippen molar-refractivity contribution in [1.29, 1.82) is 0 Å². The molecule has 0 bridgehead atoms. The van der Waals surface area contributed by atoms with E-state index in [1.807, 2.05) is 20.1 Å². The van der Waals surface area contributed by atoms with E-state index in [1.165, 1.54) is 0 Å². The molecule has 0 aromatic rings. The van der Waals surface area contributed by atoms with Crippen LogP contribution < -0.4 is 5.73 Å². The maximum Gasteiger partial charge on any atom is 0.323 e. The highest BCUT2D eigenvalue weighted by molar-refractivity contribution is 7.98. The highest BCUT2D eigenvalue weighted by atomic mass is 32.2. The van der Waals surface area contributed by atoms with E-state index in [9.17, 15) is 4.79 Å². The summed E-state index contributed by atoms with van der Waals surface area (Å²) in [6.07, 6.45) is 3.50. The largest absolute Gasteiger partial charge is 0.462 e. The van der Waals surface area contributed by atoms with Crippen LogP contribution in [0, 0.1) is 0 Å². The molecule has 0 heterocycles. The van der Waals surface area contributed by atoms with Gasteiger partial charge in [-0.3, -0.25) is 4.79 Å². The third kappa shape index (κ3) is 5.93. The van der Waals surface area contributed by atoms with Gasteiger partial charge in [0, 0.05) is 0 Å². The van der Waals surface area contributed by atoms with E-state index < -0.39 is 6.04 Å². The Kier molecular flexibility index (Phi) is 7.09. The summed E-state index contributed by atoms with van der Waals surface area (Å²) >= 11 is 1.68. The van der Waals surface area contributed by atoms with Crippen LogP contribution in [0.3, 0.4) is 0 Å². The summed E-state index contributed by atoms with van der Waals surface area (Å²) in [6.45, 7) is 3.85. The Bertz CT molecular complexity index is 153. The SMILES string of the molecule is CC[C@H](C)OC(=O)[C@H](N)CCSC. The van der Waals surface area contributed by atoms with Crippen molar-refractivity contribution < 1.29 is 9.53 Å². The van der Waals surface area contributed by atoms with Crippen molar-refractivity contribution in [3.05, 3.63) is 0 Å². The Balaban J connectivity index is 3.68. The van der Waals surface area contributed by atoms with Gasteiger partial charge < -0.3 is 10.5 Å². The standard InChI is InChI=1S/C9H19NO2S/c1-4-7(2)12-9(11)8(10)5-6-13-3/h7-8H,4-6,10H2,1-3H3/t7-,8+/m0/s1. The number of esters is 1. The van der Waals surface area contributed by atoms with Crippen molar-refractivity contribution in [2.24, 2.45) is 5.73 Å². The van der Waals surface area contributed by atoms with Crippen LogP contribution in [0.4, 0.5) is 0 Å². The molecule has 2 atom stereocenters. The van der Waals surface area contributed by atoms with Gasteiger partial charge in [0.25, 0.3) is 0 Å². The van der Waals surface area contributed by atoms with Crippen LogP contribution in [0.1, 0.15) is 26.7 Å². The van der Waals surface area contributed by atoms with Crippen molar-refractivity contribution in [2.45, 2.75) is 38.8 Å². The van der Waals surface area contributed by atoms with E-state index in [0.717, 1.165) is 12.2 Å². The maximum absolute atomic E-state index is 11.3. The first-order valence-corrected chi connectivity index (χ1v) is 5.96. The van der Waals surface area contributed by atoms with E-state index in [-0.39, 0.29) is 12.1 Å². The minimum absolute atomic E-state index is 0.0205. The minimum Gasteiger partial charge on any atom is -0.462 e. The van der Waals surface area contributed by atoms with E-state index >= 15 is 0 Å². The number of hydrogen-bond donors (Lipinski definition) is 1. The molecule has 3 nitrogen and oxygen atoms in total. The molecule has 13 heavy (non-hydrogen) atoms. The van der Waals surface area contributed by atoms with Gasteiger partial charge in [0.05, 0.1) is 6.10 Å². The van der Waals surface area contributed by atoms with Gasteiger partial charge in [-0.2, -0.15) is 11.8 Å². The van der Waals surface area contributed by atoms with Crippen molar-refractivity contribution in [3.63, 3.8) is 0 Å². The highest BCUT2D eigenvalue weighted by Crippen LogP contribution is 2.03. The first kappa shape index (κ1) is 12.8. The summed E-state index contributed by atoms with van der Waals surface area (Å²) in [5.74, 6) is 0.625. The third-order valence-electron chi connectivity index (χ3n) is 1.83. The lowest BCUT2D eigenvalue weighted by atomic mass is 10.2. The molecule has 0 aliphatic carbocycles. The van der Waals surface area contributed by atoms with Crippen LogP contribution in [0.25, 0.3) is 0 Å². The molecule has 0 spiro atoms. The summed E-state index contributed by atoms with van der Waals surface area (Å²) in [6, 6.07) is -0.457. The van der Waals surface area contributed by atoms with Crippen LogP contribution >= 0.6 is 11.8 Å². The van der Waals surface area contributed by atoms with Gasteiger partial charge in [0.2, 0.25) is 0 Å². The zero-order valence-electron chi connectivity index (χ0n) is 8.58.